The van der Waals surface area contributed by atoms with E-state index in [2.05, 4.69) is 10.3 Å². The molecule has 3 aromatic carbocycles. The second kappa shape index (κ2) is 8.93. The molecule has 0 fully saturated rings. The van der Waals surface area contributed by atoms with Crippen LogP contribution in [0.1, 0.15) is 24.2 Å². The number of hydrogen-bond donors (Lipinski definition) is 2. The number of nitrogens with one attached hydrogen (secondary N) is 1. The topological polar surface area (TPSA) is 99.6 Å². The van der Waals surface area contributed by atoms with Crippen molar-refractivity contribution in [2.75, 3.05) is 12.4 Å². The number of hydrogen-bond acceptors (Lipinski definition) is 6. The molecule has 0 aliphatic carbocycles. The van der Waals surface area contributed by atoms with E-state index in [1.165, 1.54) is 53.0 Å². The highest BCUT2D eigenvalue weighted by Gasteiger charge is 2.23. The first-order chi connectivity index (χ1) is 15.7. The van der Waals surface area contributed by atoms with Crippen molar-refractivity contribution >= 4 is 43.2 Å². The summed E-state index contributed by atoms with van der Waals surface area (Å²) >= 11 is 1.48. The highest BCUT2D eigenvalue weighted by Crippen LogP contribution is 2.36. The van der Waals surface area contributed by atoms with E-state index in [4.69, 9.17) is 0 Å². The molecule has 33 heavy (non-hydrogen) atoms. The van der Waals surface area contributed by atoms with Gasteiger partial charge >= 0.3 is 0 Å². The Morgan fingerprint density at radius 3 is 2.39 bits per heavy atom. The Labute approximate surface area is 196 Å². The Kier molecular flexibility index (Phi) is 6.20. The lowest BCUT2D eigenvalue weighted by molar-refractivity contribution is 0.102. The standard InChI is InChI=1S/C24H23N3O4S2/c1-15(2)27(3)33(30,31)18-11-8-16(9-12-18)23(29)25-17-10-13-19(21(28)14-17)24-26-20-6-4-5-7-22(20)32-24/h4-15,28H,1-3H3,(H,25,29). The summed E-state index contributed by atoms with van der Waals surface area (Å²) in [4.78, 5) is 17.3. The largest absolute Gasteiger partial charge is 0.507 e. The van der Waals surface area contributed by atoms with Crippen LogP contribution >= 0.6 is 11.3 Å². The van der Waals surface area contributed by atoms with Crippen molar-refractivity contribution in [1.82, 2.24) is 9.29 Å². The Morgan fingerprint density at radius 2 is 1.76 bits per heavy atom. The molecule has 0 aliphatic heterocycles. The lowest BCUT2D eigenvalue weighted by Gasteiger charge is -2.21. The van der Waals surface area contributed by atoms with Gasteiger partial charge in [-0.1, -0.05) is 12.1 Å². The Morgan fingerprint density at radius 1 is 1.06 bits per heavy atom. The van der Waals surface area contributed by atoms with Gasteiger partial charge in [0.05, 0.1) is 20.7 Å². The van der Waals surface area contributed by atoms with Crippen LogP contribution in [0.3, 0.4) is 0 Å². The number of aromatic nitrogens is 1. The van der Waals surface area contributed by atoms with Crippen molar-refractivity contribution in [2.45, 2.75) is 24.8 Å². The average molecular weight is 482 g/mol. The number of rotatable bonds is 6. The summed E-state index contributed by atoms with van der Waals surface area (Å²) < 4.78 is 27.5. The van der Waals surface area contributed by atoms with Crippen molar-refractivity contribution in [2.24, 2.45) is 0 Å². The van der Waals surface area contributed by atoms with Gasteiger partial charge in [-0.15, -0.1) is 11.3 Å². The van der Waals surface area contributed by atoms with Gasteiger partial charge in [0.15, 0.2) is 0 Å². The summed E-state index contributed by atoms with van der Waals surface area (Å²) in [6.45, 7) is 3.58. The molecule has 1 amide bonds. The van der Waals surface area contributed by atoms with Crippen LogP contribution in [0, 0.1) is 0 Å². The number of carbonyl (C=O) groups excluding carboxylic acids is 1. The predicted molar refractivity (Wildman–Crippen MR) is 131 cm³/mol. The van der Waals surface area contributed by atoms with Crippen LogP contribution < -0.4 is 5.32 Å². The van der Waals surface area contributed by atoms with Crippen LogP contribution in [0.25, 0.3) is 20.8 Å². The van der Waals surface area contributed by atoms with E-state index in [0.29, 0.717) is 21.8 Å². The number of nitrogens with zero attached hydrogens (tertiary/aromatic N) is 2. The molecule has 2 N–H and O–H groups in total. The van der Waals surface area contributed by atoms with E-state index in [0.717, 1.165) is 10.2 Å². The molecule has 0 bridgehead atoms. The summed E-state index contributed by atoms with van der Waals surface area (Å²) in [6.07, 6.45) is 0. The van der Waals surface area contributed by atoms with Crippen LogP contribution in [0.5, 0.6) is 5.75 Å². The molecule has 0 atom stereocenters. The maximum Gasteiger partial charge on any atom is 0.255 e. The number of amides is 1. The zero-order chi connectivity index (χ0) is 23.8. The molecule has 4 aromatic rings. The highest BCUT2D eigenvalue weighted by atomic mass is 32.2. The summed E-state index contributed by atoms with van der Waals surface area (Å²) in [7, 11) is -2.10. The molecule has 1 heterocycles. The van der Waals surface area contributed by atoms with Crippen LogP contribution in [0.4, 0.5) is 5.69 Å². The molecule has 1 aromatic heterocycles. The fourth-order valence-corrected chi connectivity index (χ4v) is 5.57. The minimum Gasteiger partial charge on any atom is -0.507 e. The van der Waals surface area contributed by atoms with Crippen molar-refractivity contribution in [3.05, 3.63) is 72.3 Å². The number of para-hydroxylation sites is 1. The third kappa shape index (κ3) is 4.61. The molecular formula is C24H23N3O4S2. The maximum absolute atomic E-state index is 12.6. The molecule has 0 spiro atoms. The first kappa shape index (κ1) is 22.9. The lowest BCUT2D eigenvalue weighted by atomic mass is 10.1. The number of phenols is 1. The fraction of sp³-hybridized carbons (Fsp3) is 0.167. The number of aromatic hydroxyl groups is 1. The first-order valence-corrected chi connectivity index (χ1v) is 12.5. The monoisotopic (exact) mass is 481 g/mol. The maximum atomic E-state index is 12.6. The molecule has 7 nitrogen and oxygen atoms in total. The van der Waals surface area contributed by atoms with Crippen molar-refractivity contribution < 1.29 is 18.3 Å². The molecule has 0 aliphatic rings. The summed E-state index contributed by atoms with van der Waals surface area (Å²) in [5, 5.41) is 13.9. The SMILES string of the molecule is CC(C)N(C)S(=O)(=O)c1ccc(C(=O)Nc2ccc(-c3nc4ccccc4s3)c(O)c2)cc1. The van der Waals surface area contributed by atoms with Gasteiger partial charge in [-0.3, -0.25) is 4.79 Å². The number of phenolic OH excluding ortho intramolecular Hbond substituents is 1. The molecule has 4 rings (SSSR count). The number of carbonyl (C=O) groups is 1. The van der Waals surface area contributed by atoms with Gasteiger partial charge < -0.3 is 10.4 Å². The van der Waals surface area contributed by atoms with Gasteiger partial charge in [0.25, 0.3) is 5.91 Å². The van der Waals surface area contributed by atoms with Crippen LogP contribution in [-0.2, 0) is 10.0 Å². The summed E-state index contributed by atoms with van der Waals surface area (Å²) in [6, 6.07) is 18.2. The second-order valence-electron chi connectivity index (χ2n) is 7.81. The lowest BCUT2D eigenvalue weighted by Crippen LogP contribution is -2.33. The van der Waals surface area contributed by atoms with Gasteiger partial charge in [-0.05, 0) is 62.4 Å². The van der Waals surface area contributed by atoms with E-state index >= 15 is 0 Å². The average Bonchev–Trinajstić information content (AvgIpc) is 3.22. The van der Waals surface area contributed by atoms with Gasteiger partial charge in [-0.25, -0.2) is 13.4 Å². The second-order valence-corrected chi connectivity index (χ2v) is 10.8. The third-order valence-corrected chi connectivity index (χ3v) is 8.42. The quantitative estimate of drug-likeness (QED) is 0.406. The number of fused-ring (bicyclic) bond motifs is 1. The molecule has 170 valence electrons. The van der Waals surface area contributed by atoms with Gasteiger partial charge in [0, 0.05) is 30.4 Å². The van der Waals surface area contributed by atoms with Crippen LogP contribution in [-0.4, -0.2) is 41.8 Å². The van der Waals surface area contributed by atoms with Crippen LogP contribution in [0.2, 0.25) is 0 Å². The minimum absolute atomic E-state index is 0.00465. The minimum atomic E-state index is -3.62. The van der Waals surface area contributed by atoms with E-state index in [1.807, 2.05) is 24.3 Å². The number of sulfonamides is 1. The van der Waals surface area contributed by atoms with Crippen LogP contribution in [0.15, 0.2) is 71.6 Å². The summed E-state index contributed by atoms with van der Waals surface area (Å²) in [5.41, 5.74) is 2.16. The molecule has 9 heteroatoms. The number of benzene rings is 3. The normalized spacial score (nSPS) is 11.9. The Balaban J connectivity index is 1.51. The number of anilines is 1. The Bertz CT molecular complexity index is 1390. The third-order valence-electron chi connectivity index (χ3n) is 5.30. The smallest absolute Gasteiger partial charge is 0.255 e. The number of thiazole rings is 1. The predicted octanol–water partition coefficient (Wildman–Crippen LogP) is 4.95. The summed E-state index contributed by atoms with van der Waals surface area (Å²) in [5.74, 6) is -0.409. The van der Waals surface area contributed by atoms with E-state index in [-0.39, 0.29) is 16.7 Å². The van der Waals surface area contributed by atoms with E-state index in [9.17, 15) is 18.3 Å². The van der Waals surface area contributed by atoms with Gasteiger partial charge in [0.2, 0.25) is 10.0 Å². The zero-order valence-electron chi connectivity index (χ0n) is 18.3. The first-order valence-electron chi connectivity index (χ1n) is 10.3. The van der Waals surface area contributed by atoms with Gasteiger partial charge in [0.1, 0.15) is 10.8 Å². The van der Waals surface area contributed by atoms with Crippen molar-refractivity contribution in [1.29, 1.82) is 0 Å². The van der Waals surface area contributed by atoms with Gasteiger partial charge in [-0.2, -0.15) is 4.31 Å². The highest BCUT2D eigenvalue weighted by molar-refractivity contribution is 7.89. The van der Waals surface area contributed by atoms with Crippen molar-refractivity contribution in [3.63, 3.8) is 0 Å². The molecular weight excluding hydrogens is 458 g/mol. The Hall–Kier alpha value is -3.27. The van der Waals surface area contributed by atoms with E-state index < -0.39 is 15.9 Å². The van der Waals surface area contributed by atoms with E-state index in [1.54, 1.807) is 26.0 Å². The molecule has 0 saturated carbocycles. The molecule has 0 unspecified atom stereocenters. The molecule has 0 radical (unpaired) electrons. The zero-order valence-corrected chi connectivity index (χ0v) is 19.9. The fourth-order valence-electron chi connectivity index (χ4n) is 3.20. The molecule has 0 saturated heterocycles. The van der Waals surface area contributed by atoms with Crippen molar-refractivity contribution in [3.8, 4) is 16.3 Å².